The van der Waals surface area contributed by atoms with Gasteiger partial charge in [0, 0.05) is 0 Å². The second-order valence-electron chi connectivity index (χ2n) is 21.4. The van der Waals surface area contributed by atoms with Crippen LogP contribution < -0.4 is 0 Å². The smallest absolute Gasteiger partial charge is 0.0321 e. The van der Waals surface area contributed by atoms with E-state index < -0.39 is 0 Å². The Kier molecular flexibility index (Phi) is 10.5. The molecule has 0 atom stereocenters. The molecule has 39 heavy (non-hydrogen) atoms. The van der Waals surface area contributed by atoms with Gasteiger partial charge in [0.05, 0.1) is 0 Å². The topological polar surface area (TPSA) is 0 Å². The van der Waals surface area contributed by atoms with Gasteiger partial charge in [-0.25, -0.2) is 0 Å². The van der Waals surface area contributed by atoms with E-state index >= 15 is 0 Å². The van der Waals surface area contributed by atoms with Crippen LogP contribution >= 0.6 is 0 Å². The van der Waals surface area contributed by atoms with Crippen LogP contribution in [0.2, 0.25) is 0 Å². The van der Waals surface area contributed by atoms with Crippen molar-refractivity contribution in [1.29, 1.82) is 0 Å². The molecule has 0 aromatic heterocycles. The van der Waals surface area contributed by atoms with Crippen LogP contribution in [0.15, 0.2) is 0 Å². The number of rotatable bonds is 11. The van der Waals surface area contributed by atoms with E-state index in [0.29, 0.717) is 43.3 Å². The van der Waals surface area contributed by atoms with Gasteiger partial charge in [0.15, 0.2) is 0 Å². The zero-order valence-corrected chi connectivity index (χ0v) is 30.3. The fraction of sp³-hybridized carbons (Fsp3) is 1.00. The standard InChI is InChI=1S/C39H76/c1-32(2,3)25-34(6,7)27-37(12,13)31-19-23-39(16,24-20-31)29-36(10,11)26-35(8,9)28-38(14,15)30-17-21-33(4,5)22-18-30/h30-31H,17-29H2,1-16H3. The van der Waals surface area contributed by atoms with Crippen LogP contribution in [0.25, 0.3) is 0 Å². The summed E-state index contributed by atoms with van der Waals surface area (Å²) in [7, 11) is 0. The predicted octanol–water partition coefficient (Wildman–Crippen LogP) is 13.5. The zero-order chi connectivity index (χ0) is 30.3. The van der Waals surface area contributed by atoms with Crippen molar-refractivity contribution >= 4 is 0 Å². The third-order valence-corrected chi connectivity index (χ3v) is 11.5. The van der Waals surface area contributed by atoms with Crippen molar-refractivity contribution in [2.75, 3.05) is 0 Å². The Bertz CT molecular complexity index is 759. The fourth-order valence-electron chi connectivity index (χ4n) is 11.3. The number of hydrogen-bond acceptors (Lipinski definition) is 0. The maximum atomic E-state index is 2.64. The molecule has 2 aliphatic carbocycles. The summed E-state index contributed by atoms with van der Waals surface area (Å²) in [5.41, 5.74) is 3.59. The summed E-state index contributed by atoms with van der Waals surface area (Å²) in [5, 5.41) is 0. The van der Waals surface area contributed by atoms with Crippen molar-refractivity contribution in [3.05, 3.63) is 0 Å². The quantitative estimate of drug-likeness (QED) is 0.242. The summed E-state index contributed by atoms with van der Waals surface area (Å²) in [5.74, 6) is 1.78. The second-order valence-corrected chi connectivity index (χ2v) is 21.4. The van der Waals surface area contributed by atoms with Gasteiger partial charge in [-0.2, -0.15) is 0 Å². The van der Waals surface area contributed by atoms with Crippen molar-refractivity contribution < 1.29 is 0 Å². The summed E-state index contributed by atoms with van der Waals surface area (Å²) in [6, 6.07) is 0. The molecule has 0 aliphatic heterocycles. The van der Waals surface area contributed by atoms with E-state index in [-0.39, 0.29) is 0 Å². The van der Waals surface area contributed by atoms with E-state index in [1.165, 1.54) is 83.5 Å². The molecule has 2 rings (SSSR count). The first-order valence-electron chi connectivity index (χ1n) is 17.2. The lowest BCUT2D eigenvalue weighted by Crippen LogP contribution is -2.39. The van der Waals surface area contributed by atoms with Gasteiger partial charge in [0.25, 0.3) is 0 Å². The SMILES string of the molecule is CC(C)(C)CC(C)(C)CC(C)(C)C1CCC(C)(CC(C)(C)CC(C)(C)CC(C)(C)C2CCC(C)(C)CC2)CC1. The van der Waals surface area contributed by atoms with Gasteiger partial charge in [0.2, 0.25) is 0 Å². The van der Waals surface area contributed by atoms with E-state index in [1.54, 1.807) is 0 Å². The minimum atomic E-state index is 0.397. The minimum Gasteiger partial charge on any atom is -0.0602 e. The average molecular weight is 545 g/mol. The van der Waals surface area contributed by atoms with Crippen molar-refractivity contribution in [1.82, 2.24) is 0 Å². The highest BCUT2D eigenvalue weighted by atomic mass is 14.5. The maximum absolute atomic E-state index is 2.64. The van der Waals surface area contributed by atoms with Crippen molar-refractivity contribution in [2.45, 2.75) is 194 Å². The molecule has 0 aromatic carbocycles. The van der Waals surface area contributed by atoms with Crippen LogP contribution in [-0.4, -0.2) is 0 Å². The molecule has 0 aromatic rings. The molecule has 0 saturated heterocycles. The van der Waals surface area contributed by atoms with Crippen LogP contribution in [0.3, 0.4) is 0 Å². The Balaban J connectivity index is 1.95. The Morgan fingerprint density at radius 1 is 0.462 bits per heavy atom. The first-order valence-corrected chi connectivity index (χ1v) is 17.2. The van der Waals surface area contributed by atoms with Gasteiger partial charge >= 0.3 is 0 Å². The van der Waals surface area contributed by atoms with Crippen LogP contribution in [0.1, 0.15) is 194 Å². The van der Waals surface area contributed by atoms with E-state index in [9.17, 15) is 0 Å². The van der Waals surface area contributed by atoms with Crippen molar-refractivity contribution in [3.63, 3.8) is 0 Å². The molecule has 2 saturated carbocycles. The van der Waals surface area contributed by atoms with Gasteiger partial charge in [-0.3, -0.25) is 0 Å². The third-order valence-electron chi connectivity index (χ3n) is 11.5. The largest absolute Gasteiger partial charge is 0.0602 e. The fourth-order valence-corrected chi connectivity index (χ4v) is 11.3. The van der Waals surface area contributed by atoms with Gasteiger partial charge in [0.1, 0.15) is 0 Å². The van der Waals surface area contributed by atoms with Crippen LogP contribution in [0, 0.1) is 55.2 Å². The Hall–Kier alpha value is 0. The van der Waals surface area contributed by atoms with Gasteiger partial charge in [-0.15, -0.1) is 0 Å². The molecule has 232 valence electrons. The summed E-state index contributed by atoms with van der Waals surface area (Å²) >= 11 is 0. The van der Waals surface area contributed by atoms with E-state index in [0.717, 1.165) is 11.8 Å². The molecular weight excluding hydrogens is 468 g/mol. The van der Waals surface area contributed by atoms with E-state index in [2.05, 4.69) is 111 Å². The highest BCUT2D eigenvalue weighted by Crippen LogP contribution is 2.56. The Morgan fingerprint density at radius 3 is 1.21 bits per heavy atom. The zero-order valence-electron chi connectivity index (χ0n) is 30.3. The Morgan fingerprint density at radius 2 is 0.821 bits per heavy atom. The maximum Gasteiger partial charge on any atom is -0.0321 e. The molecule has 0 unspecified atom stereocenters. The summed E-state index contributed by atoms with van der Waals surface area (Å²) < 4.78 is 0. The molecule has 2 fully saturated rings. The van der Waals surface area contributed by atoms with E-state index in [1.807, 2.05) is 0 Å². The molecule has 0 heterocycles. The van der Waals surface area contributed by atoms with Crippen LogP contribution in [0.4, 0.5) is 0 Å². The second kappa shape index (κ2) is 11.6. The molecule has 2 aliphatic rings. The molecule has 0 N–H and O–H groups in total. The molecule has 0 heteroatoms. The van der Waals surface area contributed by atoms with Crippen LogP contribution in [0.5, 0.6) is 0 Å². The molecule has 0 bridgehead atoms. The lowest BCUT2D eigenvalue weighted by Gasteiger charge is -2.50. The van der Waals surface area contributed by atoms with Crippen LogP contribution in [-0.2, 0) is 0 Å². The highest BCUT2D eigenvalue weighted by Gasteiger charge is 2.45. The monoisotopic (exact) mass is 545 g/mol. The normalized spacial score (nSPS) is 26.6. The van der Waals surface area contributed by atoms with E-state index in [4.69, 9.17) is 0 Å². The highest BCUT2D eigenvalue weighted by molar-refractivity contribution is 4.96. The first-order chi connectivity index (χ1) is 17.2. The summed E-state index contributed by atoms with van der Waals surface area (Å²) in [6.07, 6.45) is 18.2. The minimum absolute atomic E-state index is 0.397. The molecule has 0 radical (unpaired) electrons. The van der Waals surface area contributed by atoms with Crippen molar-refractivity contribution in [2.24, 2.45) is 55.2 Å². The summed E-state index contributed by atoms with van der Waals surface area (Å²) in [4.78, 5) is 0. The van der Waals surface area contributed by atoms with Gasteiger partial charge in [-0.05, 0) is 139 Å². The lowest BCUT2D eigenvalue weighted by atomic mass is 9.55. The molecule has 0 amide bonds. The third kappa shape index (κ3) is 11.3. The Labute approximate surface area is 249 Å². The predicted molar refractivity (Wildman–Crippen MR) is 177 cm³/mol. The molecule has 0 spiro atoms. The first kappa shape index (κ1) is 35.2. The average Bonchev–Trinajstić information content (AvgIpc) is 2.62. The van der Waals surface area contributed by atoms with Crippen molar-refractivity contribution in [3.8, 4) is 0 Å². The summed E-state index contributed by atoms with van der Waals surface area (Å²) in [6.45, 7) is 40.6. The number of hydrogen-bond donors (Lipinski definition) is 0. The lowest BCUT2D eigenvalue weighted by molar-refractivity contribution is 0.00845. The van der Waals surface area contributed by atoms with Gasteiger partial charge in [-0.1, -0.05) is 111 Å². The molecular formula is C39H76. The molecule has 0 nitrogen and oxygen atoms in total. The van der Waals surface area contributed by atoms with Gasteiger partial charge < -0.3 is 0 Å².